The molecule has 0 spiro atoms. The highest BCUT2D eigenvalue weighted by Crippen LogP contribution is 2.47. The quantitative estimate of drug-likeness (QED) is 0.293. The Labute approximate surface area is 237 Å². The molecule has 2 heterocycles. The summed E-state index contributed by atoms with van der Waals surface area (Å²) in [5.41, 5.74) is 9.96. The van der Waals surface area contributed by atoms with Crippen LogP contribution in [0.5, 0.6) is 5.75 Å². The number of halogens is 1. The Morgan fingerprint density at radius 3 is 2.92 bits per heavy atom. The molecular formula is C32H41ClN2O2S. The number of carbonyl (C=O) groups excluding carboxylic acids is 1. The predicted octanol–water partition coefficient (Wildman–Crippen LogP) is 7.51. The van der Waals surface area contributed by atoms with E-state index in [1.165, 1.54) is 5.56 Å². The monoisotopic (exact) mass is 552 g/mol. The average Bonchev–Trinajstić information content (AvgIpc) is 3.15. The number of ether oxygens (including phenoxy) is 1. The fourth-order valence-electron chi connectivity index (χ4n) is 5.93. The van der Waals surface area contributed by atoms with Gasteiger partial charge in [-0.3, -0.25) is 4.79 Å². The molecule has 4 rings (SSSR count). The summed E-state index contributed by atoms with van der Waals surface area (Å²) in [7, 11) is 0. The average molecular weight is 553 g/mol. The molecule has 2 aliphatic heterocycles. The topological polar surface area (TPSA) is 55.6 Å². The van der Waals surface area contributed by atoms with Crippen molar-refractivity contribution >= 4 is 35.0 Å². The van der Waals surface area contributed by atoms with E-state index in [2.05, 4.69) is 48.9 Å². The summed E-state index contributed by atoms with van der Waals surface area (Å²) in [5.74, 6) is 2.87. The van der Waals surface area contributed by atoms with E-state index < -0.39 is 0 Å². The van der Waals surface area contributed by atoms with Gasteiger partial charge in [0.1, 0.15) is 5.75 Å². The zero-order valence-electron chi connectivity index (χ0n) is 22.7. The summed E-state index contributed by atoms with van der Waals surface area (Å²) < 4.78 is 6.45. The summed E-state index contributed by atoms with van der Waals surface area (Å²) in [4.78, 5) is 15.1. The number of nitrogens with zero attached hydrogens (tertiary/aromatic N) is 1. The second-order valence-corrected chi connectivity index (χ2v) is 12.1. The number of thioether (sulfide) groups is 1. The number of nitrogens with two attached hydrogens (primary N) is 1. The van der Waals surface area contributed by atoms with Crippen molar-refractivity contribution in [1.29, 1.82) is 0 Å². The SMILES string of the molecule is C=CC[C@H](/C=C/[C@@H]1c2c(C(N)=O)ccc3c2N(CC[C@H]1C)CC(CCCc1cccc(Cl)c1)CO3)CSC. The van der Waals surface area contributed by atoms with Crippen LogP contribution in [0.25, 0.3) is 0 Å². The summed E-state index contributed by atoms with van der Waals surface area (Å²) in [5, 5.41) is 0.792. The van der Waals surface area contributed by atoms with Gasteiger partial charge in [-0.25, -0.2) is 0 Å². The van der Waals surface area contributed by atoms with E-state index in [1.807, 2.05) is 42.1 Å². The molecule has 2 aliphatic rings. The number of carbonyl (C=O) groups is 1. The third kappa shape index (κ3) is 6.98. The third-order valence-corrected chi connectivity index (χ3v) is 8.92. The van der Waals surface area contributed by atoms with Gasteiger partial charge in [-0.15, -0.1) is 6.58 Å². The summed E-state index contributed by atoms with van der Waals surface area (Å²) >= 11 is 8.03. The van der Waals surface area contributed by atoms with Gasteiger partial charge in [0.2, 0.25) is 5.91 Å². The highest BCUT2D eigenvalue weighted by Gasteiger charge is 2.35. The van der Waals surface area contributed by atoms with E-state index in [0.717, 1.165) is 73.0 Å². The number of amides is 1. The van der Waals surface area contributed by atoms with Crippen LogP contribution in [0.15, 0.2) is 61.2 Å². The van der Waals surface area contributed by atoms with Gasteiger partial charge >= 0.3 is 0 Å². The molecule has 0 radical (unpaired) electrons. The van der Waals surface area contributed by atoms with Gasteiger partial charge in [0.15, 0.2) is 0 Å². The Bertz CT molecular complexity index is 1150. The van der Waals surface area contributed by atoms with Crippen molar-refractivity contribution in [2.24, 2.45) is 23.5 Å². The molecule has 0 aliphatic carbocycles. The van der Waals surface area contributed by atoms with E-state index >= 15 is 0 Å². The minimum absolute atomic E-state index is 0.106. The number of aryl methyl sites for hydroxylation is 1. The fraction of sp³-hybridized carbons (Fsp3) is 0.469. The molecule has 0 bridgehead atoms. The lowest BCUT2D eigenvalue weighted by Gasteiger charge is -2.28. The van der Waals surface area contributed by atoms with Crippen molar-refractivity contribution in [2.75, 3.05) is 36.6 Å². The number of rotatable bonds is 11. The minimum Gasteiger partial charge on any atom is -0.491 e. The van der Waals surface area contributed by atoms with Crippen molar-refractivity contribution in [3.05, 3.63) is 82.9 Å². The van der Waals surface area contributed by atoms with E-state index in [-0.39, 0.29) is 11.8 Å². The molecule has 204 valence electrons. The number of primary amides is 1. The van der Waals surface area contributed by atoms with Crippen molar-refractivity contribution in [3.8, 4) is 5.75 Å². The molecule has 2 aromatic carbocycles. The molecule has 0 aromatic heterocycles. The maximum Gasteiger partial charge on any atom is 0.249 e. The molecule has 2 N–H and O–H groups in total. The van der Waals surface area contributed by atoms with Crippen LogP contribution in [0.2, 0.25) is 5.02 Å². The van der Waals surface area contributed by atoms with Crippen molar-refractivity contribution in [2.45, 2.75) is 44.9 Å². The Kier molecular flexibility index (Phi) is 10.3. The number of allylic oxidation sites excluding steroid dienone is 3. The lowest BCUT2D eigenvalue weighted by Crippen LogP contribution is -2.31. The largest absolute Gasteiger partial charge is 0.491 e. The van der Waals surface area contributed by atoms with Crippen LogP contribution in [0, 0.1) is 17.8 Å². The van der Waals surface area contributed by atoms with E-state index in [9.17, 15) is 4.79 Å². The fourth-order valence-corrected chi connectivity index (χ4v) is 6.82. The molecule has 38 heavy (non-hydrogen) atoms. The molecule has 0 saturated carbocycles. The van der Waals surface area contributed by atoms with Crippen LogP contribution in [0.4, 0.5) is 5.69 Å². The highest BCUT2D eigenvalue weighted by atomic mass is 35.5. The number of hydrogen-bond donors (Lipinski definition) is 1. The zero-order valence-corrected chi connectivity index (χ0v) is 24.3. The third-order valence-electron chi connectivity index (χ3n) is 7.92. The summed E-state index contributed by atoms with van der Waals surface area (Å²) in [6.07, 6.45) is 13.9. The lowest BCUT2D eigenvalue weighted by molar-refractivity contribution is 0.0999. The second kappa shape index (κ2) is 13.6. The van der Waals surface area contributed by atoms with Crippen molar-refractivity contribution < 1.29 is 9.53 Å². The zero-order chi connectivity index (χ0) is 27.1. The molecule has 1 unspecified atom stereocenters. The first-order valence-corrected chi connectivity index (χ1v) is 15.6. The molecular weight excluding hydrogens is 512 g/mol. The second-order valence-electron chi connectivity index (χ2n) is 10.8. The number of benzene rings is 2. The van der Waals surface area contributed by atoms with Gasteiger partial charge in [0.25, 0.3) is 0 Å². The minimum atomic E-state index is -0.371. The normalized spacial score (nSPS) is 21.8. The molecule has 2 aromatic rings. The number of anilines is 1. The van der Waals surface area contributed by atoms with Gasteiger partial charge in [-0.1, -0.05) is 48.9 Å². The molecule has 6 heteroatoms. The Balaban J connectivity index is 1.61. The van der Waals surface area contributed by atoms with Crippen LogP contribution in [0.3, 0.4) is 0 Å². The predicted molar refractivity (Wildman–Crippen MR) is 163 cm³/mol. The molecule has 0 fully saturated rings. The molecule has 1 amide bonds. The van der Waals surface area contributed by atoms with Gasteiger partial charge in [0, 0.05) is 35.5 Å². The van der Waals surface area contributed by atoms with E-state index in [0.29, 0.717) is 29.9 Å². The van der Waals surface area contributed by atoms with Crippen LogP contribution < -0.4 is 15.4 Å². The number of hydrogen-bond acceptors (Lipinski definition) is 4. The first-order chi connectivity index (χ1) is 18.4. The van der Waals surface area contributed by atoms with Crippen molar-refractivity contribution in [1.82, 2.24) is 0 Å². The van der Waals surface area contributed by atoms with Crippen LogP contribution >= 0.6 is 23.4 Å². The van der Waals surface area contributed by atoms with Gasteiger partial charge in [-0.2, -0.15) is 11.8 Å². The van der Waals surface area contributed by atoms with Crippen LogP contribution in [-0.2, 0) is 6.42 Å². The molecule has 0 saturated heterocycles. The smallest absolute Gasteiger partial charge is 0.249 e. The van der Waals surface area contributed by atoms with E-state index in [1.54, 1.807) is 0 Å². The van der Waals surface area contributed by atoms with Gasteiger partial charge < -0.3 is 15.4 Å². The molecule has 4 nitrogen and oxygen atoms in total. The first kappa shape index (κ1) is 28.6. The maximum atomic E-state index is 12.7. The van der Waals surface area contributed by atoms with E-state index in [4.69, 9.17) is 22.1 Å². The lowest BCUT2D eigenvalue weighted by atomic mass is 9.81. The van der Waals surface area contributed by atoms with Crippen molar-refractivity contribution in [3.63, 3.8) is 0 Å². The Morgan fingerprint density at radius 2 is 2.18 bits per heavy atom. The van der Waals surface area contributed by atoms with Gasteiger partial charge in [-0.05, 0) is 91.3 Å². The maximum absolute atomic E-state index is 12.7. The Hall–Kier alpha value is -2.37. The van der Waals surface area contributed by atoms with Crippen LogP contribution in [-0.4, -0.2) is 37.6 Å². The first-order valence-electron chi connectivity index (χ1n) is 13.8. The van der Waals surface area contributed by atoms with Gasteiger partial charge in [0.05, 0.1) is 12.3 Å². The molecule has 4 atom stereocenters. The Morgan fingerprint density at radius 1 is 1.34 bits per heavy atom. The standard InChI is InChI=1S/C32H41ClN2O2S/c1-4-7-24(21-38-3)12-13-27-22(2)16-17-35-19-25(10-5-8-23-9-6-11-26(33)18-23)20-37-29-15-14-28(32(34)36)30(27)31(29)35/h4,6,9,11-15,18,22,24-25,27H,1,5,7-8,10,16-17,19-21H2,2-3H3,(H2,34,36)/b13-12+/t22-,24-,25?,27+/m1/s1. The highest BCUT2D eigenvalue weighted by molar-refractivity contribution is 7.98. The van der Waals surface area contributed by atoms with Crippen LogP contribution in [0.1, 0.15) is 60.0 Å². The summed E-state index contributed by atoms with van der Waals surface area (Å²) in [6.45, 7) is 8.80. The summed E-state index contributed by atoms with van der Waals surface area (Å²) in [6, 6.07) is 12.0.